The van der Waals surface area contributed by atoms with Crippen LogP contribution in [0.2, 0.25) is 0 Å². The fraction of sp³-hybridized carbons (Fsp3) is 0.261. The van der Waals surface area contributed by atoms with Crippen molar-refractivity contribution in [2.24, 2.45) is 4.99 Å². The molecule has 2 rings (SSSR count). The van der Waals surface area contributed by atoms with E-state index in [0.717, 1.165) is 0 Å². The predicted octanol–water partition coefficient (Wildman–Crippen LogP) is 3.72. The third-order valence-electron chi connectivity index (χ3n) is 3.98. The molecule has 2 aromatic rings. The molecule has 2 aromatic carbocycles. The van der Waals surface area contributed by atoms with Gasteiger partial charge in [-0.1, -0.05) is 37.3 Å². The van der Waals surface area contributed by atoms with Gasteiger partial charge in [0.15, 0.2) is 5.78 Å². The number of alkyl carbamates (subject to hydrolysis) is 1. The summed E-state index contributed by atoms with van der Waals surface area (Å²) in [7, 11) is 0. The van der Waals surface area contributed by atoms with Crippen molar-refractivity contribution in [3.63, 3.8) is 0 Å². The lowest BCUT2D eigenvalue weighted by molar-refractivity contribution is -0.117. The number of carbonyl (C=O) groups is 4. The number of nitrogens with one attached hydrogen (secondary N) is 3. The van der Waals surface area contributed by atoms with E-state index in [1.165, 1.54) is 13.0 Å². The lowest BCUT2D eigenvalue weighted by atomic mass is 10.0. The molecular formula is C23H26N4O5. The van der Waals surface area contributed by atoms with Crippen LogP contribution in [0.5, 0.6) is 0 Å². The van der Waals surface area contributed by atoms with Crippen molar-refractivity contribution in [2.45, 2.75) is 40.2 Å². The van der Waals surface area contributed by atoms with E-state index in [-0.39, 0.29) is 35.9 Å². The third kappa shape index (κ3) is 7.35. The second-order valence-corrected chi connectivity index (χ2v) is 7.05. The molecule has 0 fully saturated rings. The van der Waals surface area contributed by atoms with Crippen molar-refractivity contribution in [1.29, 1.82) is 0 Å². The summed E-state index contributed by atoms with van der Waals surface area (Å²) in [6.07, 6.45) is -1.09. The van der Waals surface area contributed by atoms with Crippen LogP contribution in [0.1, 0.15) is 50.0 Å². The minimum Gasteiger partial charge on any atom is -0.447 e. The van der Waals surface area contributed by atoms with Crippen LogP contribution in [-0.4, -0.2) is 35.8 Å². The molecule has 0 saturated heterocycles. The highest BCUT2D eigenvalue weighted by atomic mass is 16.6. The number of carbonyl (C=O) groups excluding carboxylic acids is 4. The Morgan fingerprint density at radius 3 is 2.22 bits per heavy atom. The first-order valence-electron chi connectivity index (χ1n) is 10.1. The minimum absolute atomic E-state index is 0.108. The minimum atomic E-state index is -0.812. The molecule has 0 radical (unpaired) electrons. The molecule has 3 amide bonds. The molecule has 0 atom stereocenters. The first kappa shape index (κ1) is 24.3. The molecule has 0 unspecified atom stereocenters. The summed E-state index contributed by atoms with van der Waals surface area (Å²) >= 11 is 0. The Labute approximate surface area is 186 Å². The van der Waals surface area contributed by atoms with Crippen LogP contribution in [0.15, 0.2) is 53.5 Å². The molecule has 0 aromatic heterocycles. The monoisotopic (exact) mass is 438 g/mol. The van der Waals surface area contributed by atoms with E-state index in [2.05, 4.69) is 20.9 Å². The summed E-state index contributed by atoms with van der Waals surface area (Å²) in [6.45, 7) is 6.31. The summed E-state index contributed by atoms with van der Waals surface area (Å²) in [5.74, 6) is -1.27. The predicted molar refractivity (Wildman–Crippen MR) is 122 cm³/mol. The lowest BCUT2D eigenvalue weighted by Gasteiger charge is -2.16. The van der Waals surface area contributed by atoms with Gasteiger partial charge in [-0.05, 0) is 32.0 Å². The number of anilines is 2. The van der Waals surface area contributed by atoms with Crippen LogP contribution in [0.4, 0.5) is 16.2 Å². The zero-order valence-corrected chi connectivity index (χ0v) is 18.4. The van der Waals surface area contributed by atoms with Crippen LogP contribution < -0.4 is 16.0 Å². The van der Waals surface area contributed by atoms with Crippen molar-refractivity contribution in [3.8, 4) is 0 Å². The van der Waals surface area contributed by atoms with E-state index < -0.39 is 12.0 Å². The highest BCUT2D eigenvalue weighted by molar-refractivity contribution is 6.12. The zero-order valence-electron chi connectivity index (χ0n) is 18.4. The SMILES string of the molecule is CCC(=O)N=C(NC(=O)OC(C)C)Nc1cc(C(=O)c2ccccc2)ccc1NC(C)=O. The van der Waals surface area contributed by atoms with Crippen LogP contribution >= 0.6 is 0 Å². The summed E-state index contributed by atoms with van der Waals surface area (Å²) in [5, 5.41) is 7.84. The quantitative estimate of drug-likeness (QED) is 0.359. The number of amides is 3. The van der Waals surface area contributed by atoms with Gasteiger partial charge in [0.25, 0.3) is 0 Å². The molecule has 9 nitrogen and oxygen atoms in total. The Balaban J connectivity index is 2.43. The average molecular weight is 438 g/mol. The van der Waals surface area contributed by atoms with Crippen molar-refractivity contribution >= 4 is 41.0 Å². The van der Waals surface area contributed by atoms with Crippen LogP contribution in [-0.2, 0) is 14.3 Å². The summed E-state index contributed by atoms with van der Waals surface area (Å²) in [4.78, 5) is 52.3. The average Bonchev–Trinajstić information content (AvgIpc) is 2.73. The van der Waals surface area contributed by atoms with Gasteiger partial charge in [0.05, 0.1) is 17.5 Å². The number of hydrogen-bond donors (Lipinski definition) is 3. The van der Waals surface area contributed by atoms with Gasteiger partial charge >= 0.3 is 6.09 Å². The van der Waals surface area contributed by atoms with Gasteiger partial charge in [-0.2, -0.15) is 4.99 Å². The Morgan fingerprint density at radius 1 is 0.938 bits per heavy atom. The lowest BCUT2D eigenvalue weighted by Crippen LogP contribution is -2.38. The number of rotatable bonds is 6. The molecule has 0 aliphatic carbocycles. The number of hydrogen-bond acceptors (Lipinski definition) is 5. The Hall–Kier alpha value is -4.01. The molecule has 9 heteroatoms. The normalized spacial score (nSPS) is 11.0. The topological polar surface area (TPSA) is 126 Å². The Kier molecular flexibility index (Phi) is 8.64. The molecule has 168 valence electrons. The Bertz CT molecular complexity index is 1030. The van der Waals surface area contributed by atoms with Gasteiger partial charge in [-0.15, -0.1) is 0 Å². The second kappa shape index (κ2) is 11.4. The number of nitrogens with zero attached hydrogens (tertiary/aromatic N) is 1. The van der Waals surface area contributed by atoms with Crippen molar-refractivity contribution in [2.75, 3.05) is 10.6 Å². The standard InChI is InChI=1S/C23H26N4O5/c1-5-20(29)26-22(27-23(31)32-14(2)3)25-19-13-17(11-12-18(19)24-15(4)28)21(30)16-9-7-6-8-10-16/h6-14H,5H2,1-4H3,(H,24,28)(H2,25,26,27,29,31). The van der Waals surface area contributed by atoms with E-state index >= 15 is 0 Å². The summed E-state index contributed by atoms with van der Waals surface area (Å²) < 4.78 is 5.04. The molecule has 0 heterocycles. The highest BCUT2D eigenvalue weighted by Crippen LogP contribution is 2.25. The number of ketones is 1. The van der Waals surface area contributed by atoms with E-state index in [9.17, 15) is 19.2 Å². The van der Waals surface area contributed by atoms with E-state index in [1.807, 2.05) is 0 Å². The number of benzene rings is 2. The van der Waals surface area contributed by atoms with Crippen LogP contribution in [0.25, 0.3) is 0 Å². The van der Waals surface area contributed by atoms with Crippen molar-refractivity contribution in [3.05, 3.63) is 59.7 Å². The smallest absolute Gasteiger partial charge is 0.414 e. The number of ether oxygens (including phenoxy) is 1. The first-order valence-corrected chi connectivity index (χ1v) is 10.1. The molecule has 0 bridgehead atoms. The largest absolute Gasteiger partial charge is 0.447 e. The van der Waals surface area contributed by atoms with Crippen LogP contribution in [0.3, 0.4) is 0 Å². The molecule has 32 heavy (non-hydrogen) atoms. The maximum absolute atomic E-state index is 12.9. The van der Waals surface area contributed by atoms with Gasteiger partial charge in [0.1, 0.15) is 0 Å². The van der Waals surface area contributed by atoms with Gasteiger partial charge < -0.3 is 15.4 Å². The fourth-order valence-electron chi connectivity index (χ4n) is 2.60. The van der Waals surface area contributed by atoms with Gasteiger partial charge in [0.2, 0.25) is 17.8 Å². The molecule has 0 aliphatic heterocycles. The molecule has 0 saturated carbocycles. The maximum atomic E-state index is 12.9. The van der Waals surface area contributed by atoms with Crippen LogP contribution in [0, 0.1) is 0 Å². The van der Waals surface area contributed by atoms with Crippen molar-refractivity contribution in [1.82, 2.24) is 5.32 Å². The molecule has 0 spiro atoms. The summed E-state index contributed by atoms with van der Waals surface area (Å²) in [5.41, 5.74) is 1.41. The fourth-order valence-corrected chi connectivity index (χ4v) is 2.60. The third-order valence-corrected chi connectivity index (χ3v) is 3.98. The number of aliphatic imine (C=N–C) groups is 1. The van der Waals surface area contributed by atoms with Gasteiger partial charge in [0, 0.05) is 24.5 Å². The van der Waals surface area contributed by atoms with Gasteiger partial charge in [-0.25, -0.2) is 4.79 Å². The van der Waals surface area contributed by atoms with Crippen molar-refractivity contribution < 1.29 is 23.9 Å². The van der Waals surface area contributed by atoms with E-state index in [1.54, 1.807) is 63.2 Å². The van der Waals surface area contributed by atoms with E-state index in [4.69, 9.17) is 4.74 Å². The maximum Gasteiger partial charge on any atom is 0.414 e. The second-order valence-electron chi connectivity index (χ2n) is 7.05. The first-order chi connectivity index (χ1) is 15.2. The highest BCUT2D eigenvalue weighted by Gasteiger charge is 2.16. The van der Waals surface area contributed by atoms with E-state index in [0.29, 0.717) is 16.8 Å². The number of guanidine groups is 1. The zero-order chi connectivity index (χ0) is 23.7. The van der Waals surface area contributed by atoms with Gasteiger partial charge in [-0.3, -0.25) is 19.7 Å². The molecule has 0 aliphatic rings. The molecular weight excluding hydrogens is 412 g/mol. The Morgan fingerprint density at radius 2 is 1.62 bits per heavy atom. The molecule has 3 N–H and O–H groups in total. The summed E-state index contributed by atoms with van der Waals surface area (Å²) in [6, 6.07) is 13.3.